The number of nitrogens with zero attached hydrogens (tertiary/aromatic N) is 1. The molecule has 0 unspecified atom stereocenters. The fourth-order valence-corrected chi connectivity index (χ4v) is 3.61. The monoisotopic (exact) mass is 379 g/mol. The first-order valence-corrected chi connectivity index (χ1v) is 8.43. The molecule has 3 aromatic rings. The lowest BCUT2D eigenvalue weighted by Gasteiger charge is -2.09. The Balaban J connectivity index is 1.87. The third-order valence-corrected chi connectivity index (χ3v) is 4.73. The highest BCUT2D eigenvalue weighted by molar-refractivity contribution is 7.16. The summed E-state index contributed by atoms with van der Waals surface area (Å²) in [6.45, 7) is -0.248. The molecule has 0 radical (unpaired) electrons. The van der Waals surface area contributed by atoms with E-state index >= 15 is 0 Å². The van der Waals surface area contributed by atoms with E-state index in [2.05, 4.69) is 0 Å². The average Bonchev–Trinajstić information content (AvgIpc) is 2.91. The van der Waals surface area contributed by atoms with Crippen LogP contribution in [0.5, 0.6) is 17.2 Å². The Labute approximate surface area is 152 Å². The SMILES string of the molecule is COc1cc(OC)cc(OC(=O)Cn2c(=O)sc3cccc(Cl)c32)c1. The van der Waals surface area contributed by atoms with Crippen LogP contribution >= 0.6 is 22.9 Å². The number of thiazole rings is 1. The van der Waals surface area contributed by atoms with Crippen LogP contribution in [-0.2, 0) is 11.3 Å². The standard InChI is InChI=1S/C17H14ClNO5S/c1-22-10-6-11(23-2)8-12(7-10)24-15(20)9-19-16-13(18)4-3-5-14(16)25-17(19)21/h3-8H,9H2,1-2H3. The predicted molar refractivity (Wildman–Crippen MR) is 96.3 cm³/mol. The minimum atomic E-state index is -0.600. The van der Waals surface area contributed by atoms with Crippen LogP contribution in [0.1, 0.15) is 0 Å². The number of esters is 1. The number of aromatic nitrogens is 1. The number of methoxy groups -OCH3 is 2. The van der Waals surface area contributed by atoms with Crippen molar-refractivity contribution in [2.24, 2.45) is 0 Å². The van der Waals surface area contributed by atoms with E-state index in [0.29, 0.717) is 26.7 Å². The maximum atomic E-state index is 12.3. The third-order valence-electron chi connectivity index (χ3n) is 3.48. The molecule has 0 aliphatic heterocycles. The fraction of sp³-hybridized carbons (Fsp3) is 0.176. The van der Waals surface area contributed by atoms with Crippen LogP contribution in [0.4, 0.5) is 0 Å². The fourth-order valence-electron chi connectivity index (χ4n) is 2.36. The van der Waals surface area contributed by atoms with Gasteiger partial charge in [0.2, 0.25) is 0 Å². The summed E-state index contributed by atoms with van der Waals surface area (Å²) < 4.78 is 17.6. The Morgan fingerprint density at radius 2 is 1.76 bits per heavy atom. The summed E-state index contributed by atoms with van der Waals surface area (Å²) in [7, 11) is 3.00. The van der Waals surface area contributed by atoms with E-state index in [1.54, 1.807) is 36.4 Å². The number of benzene rings is 2. The predicted octanol–water partition coefficient (Wildman–Crippen LogP) is 3.34. The number of fused-ring (bicyclic) bond motifs is 1. The lowest BCUT2D eigenvalue weighted by Crippen LogP contribution is -2.22. The Morgan fingerprint density at radius 1 is 1.12 bits per heavy atom. The first kappa shape index (κ1) is 17.3. The van der Waals surface area contributed by atoms with E-state index in [0.717, 1.165) is 11.3 Å². The third kappa shape index (κ3) is 3.62. The smallest absolute Gasteiger partial charge is 0.331 e. The molecule has 0 fully saturated rings. The van der Waals surface area contributed by atoms with Crippen LogP contribution in [0, 0.1) is 0 Å². The summed E-state index contributed by atoms with van der Waals surface area (Å²) in [6, 6.07) is 9.98. The number of halogens is 1. The van der Waals surface area contributed by atoms with Gasteiger partial charge < -0.3 is 14.2 Å². The second-order valence-electron chi connectivity index (χ2n) is 5.06. The zero-order valence-electron chi connectivity index (χ0n) is 13.4. The molecule has 6 nitrogen and oxygen atoms in total. The molecule has 0 bridgehead atoms. The number of carbonyl (C=O) groups excluding carboxylic acids is 1. The van der Waals surface area contributed by atoms with Gasteiger partial charge in [-0.05, 0) is 12.1 Å². The maximum Gasteiger partial charge on any atom is 0.331 e. The van der Waals surface area contributed by atoms with Crippen molar-refractivity contribution >= 4 is 39.1 Å². The molecule has 3 rings (SSSR count). The summed E-state index contributed by atoms with van der Waals surface area (Å²) in [5.41, 5.74) is 0.527. The van der Waals surface area contributed by atoms with Gasteiger partial charge in [-0.2, -0.15) is 0 Å². The molecule has 0 aliphatic rings. The molecule has 0 aliphatic carbocycles. The van der Waals surface area contributed by atoms with Crippen molar-refractivity contribution < 1.29 is 19.0 Å². The van der Waals surface area contributed by atoms with Gasteiger partial charge in [-0.3, -0.25) is 9.36 Å². The Kier molecular flexibility index (Phi) is 4.96. The molecule has 0 atom stereocenters. The van der Waals surface area contributed by atoms with E-state index in [4.69, 9.17) is 25.8 Å². The van der Waals surface area contributed by atoms with E-state index in [9.17, 15) is 9.59 Å². The summed E-state index contributed by atoms with van der Waals surface area (Å²) in [5, 5.41) is 0.409. The summed E-state index contributed by atoms with van der Waals surface area (Å²) in [5.74, 6) is 0.642. The largest absolute Gasteiger partial charge is 0.496 e. The van der Waals surface area contributed by atoms with Crippen LogP contribution in [-0.4, -0.2) is 24.8 Å². The van der Waals surface area contributed by atoms with Gasteiger partial charge in [0.15, 0.2) is 0 Å². The van der Waals surface area contributed by atoms with Crippen molar-refractivity contribution in [1.82, 2.24) is 4.57 Å². The summed E-state index contributed by atoms with van der Waals surface area (Å²) in [4.78, 5) is 24.2. The van der Waals surface area contributed by atoms with E-state index in [1.165, 1.54) is 18.8 Å². The number of ether oxygens (including phenoxy) is 3. The van der Waals surface area contributed by atoms with Crippen LogP contribution in [0.15, 0.2) is 41.2 Å². The Hall–Kier alpha value is -2.51. The Morgan fingerprint density at radius 3 is 2.40 bits per heavy atom. The van der Waals surface area contributed by atoms with E-state index in [1.807, 2.05) is 0 Å². The highest BCUT2D eigenvalue weighted by Crippen LogP contribution is 2.28. The molecule has 1 aromatic heterocycles. The lowest BCUT2D eigenvalue weighted by molar-refractivity contribution is -0.135. The van der Waals surface area contributed by atoms with E-state index in [-0.39, 0.29) is 17.2 Å². The first-order chi connectivity index (χ1) is 12.0. The van der Waals surface area contributed by atoms with Gasteiger partial charge in [-0.1, -0.05) is 29.0 Å². The molecule has 2 aromatic carbocycles. The number of hydrogen-bond donors (Lipinski definition) is 0. The van der Waals surface area contributed by atoms with Gasteiger partial charge >= 0.3 is 10.8 Å². The quantitative estimate of drug-likeness (QED) is 0.502. The van der Waals surface area contributed by atoms with Crippen LogP contribution in [0.25, 0.3) is 10.2 Å². The maximum absolute atomic E-state index is 12.3. The second kappa shape index (κ2) is 7.16. The molecule has 0 spiro atoms. The van der Waals surface area contributed by atoms with Gasteiger partial charge in [-0.15, -0.1) is 0 Å². The molecule has 130 valence electrons. The van der Waals surface area contributed by atoms with Gasteiger partial charge in [0, 0.05) is 18.2 Å². The minimum Gasteiger partial charge on any atom is -0.496 e. The molecular weight excluding hydrogens is 366 g/mol. The number of hydrogen-bond acceptors (Lipinski definition) is 6. The lowest BCUT2D eigenvalue weighted by atomic mass is 10.3. The average molecular weight is 380 g/mol. The zero-order chi connectivity index (χ0) is 18.0. The van der Waals surface area contributed by atoms with Crippen molar-refractivity contribution in [2.75, 3.05) is 14.2 Å². The summed E-state index contributed by atoms with van der Waals surface area (Å²) in [6.07, 6.45) is 0. The van der Waals surface area contributed by atoms with Crippen molar-refractivity contribution in [3.05, 3.63) is 51.1 Å². The van der Waals surface area contributed by atoms with Gasteiger partial charge in [0.25, 0.3) is 0 Å². The van der Waals surface area contributed by atoms with Crippen molar-refractivity contribution in [2.45, 2.75) is 6.54 Å². The summed E-state index contributed by atoms with van der Waals surface area (Å²) >= 11 is 7.19. The Bertz CT molecular complexity index is 972. The van der Waals surface area contributed by atoms with Crippen molar-refractivity contribution in [1.29, 1.82) is 0 Å². The van der Waals surface area contributed by atoms with Crippen LogP contribution in [0.2, 0.25) is 5.02 Å². The molecule has 8 heteroatoms. The molecule has 1 heterocycles. The number of carbonyl (C=O) groups is 1. The normalized spacial score (nSPS) is 10.7. The number of para-hydroxylation sites is 1. The molecule has 0 N–H and O–H groups in total. The number of rotatable bonds is 5. The van der Waals surface area contributed by atoms with Crippen LogP contribution < -0.4 is 19.1 Å². The topological polar surface area (TPSA) is 66.8 Å². The molecule has 0 amide bonds. The minimum absolute atomic E-state index is 0.248. The second-order valence-corrected chi connectivity index (χ2v) is 6.46. The molecule has 25 heavy (non-hydrogen) atoms. The molecular formula is C17H14ClNO5S. The molecule has 0 saturated carbocycles. The van der Waals surface area contributed by atoms with Gasteiger partial charge in [0.1, 0.15) is 23.8 Å². The zero-order valence-corrected chi connectivity index (χ0v) is 15.0. The van der Waals surface area contributed by atoms with Crippen molar-refractivity contribution in [3.63, 3.8) is 0 Å². The highest BCUT2D eigenvalue weighted by atomic mass is 35.5. The van der Waals surface area contributed by atoms with Gasteiger partial charge in [-0.25, -0.2) is 4.79 Å². The molecule has 0 saturated heterocycles. The highest BCUT2D eigenvalue weighted by Gasteiger charge is 2.15. The van der Waals surface area contributed by atoms with E-state index < -0.39 is 5.97 Å². The van der Waals surface area contributed by atoms with Crippen LogP contribution in [0.3, 0.4) is 0 Å². The first-order valence-electron chi connectivity index (χ1n) is 7.23. The van der Waals surface area contributed by atoms with Gasteiger partial charge in [0.05, 0.1) is 29.5 Å². The van der Waals surface area contributed by atoms with Crippen molar-refractivity contribution in [3.8, 4) is 17.2 Å².